The Morgan fingerprint density at radius 3 is 2.93 bits per heavy atom. The molecule has 0 radical (unpaired) electrons. The Morgan fingerprint density at radius 1 is 1.50 bits per heavy atom. The van der Waals surface area contributed by atoms with Crippen molar-refractivity contribution in [3.8, 4) is 5.75 Å². The van der Waals surface area contributed by atoms with E-state index in [2.05, 4.69) is 56.0 Å². The molecule has 0 saturated carbocycles. The maximum atomic E-state index is 5.35. The van der Waals surface area contributed by atoms with Gasteiger partial charge in [-0.15, -0.1) is 11.3 Å². The first-order valence-corrected chi connectivity index (χ1v) is 7.14. The molecule has 1 aromatic heterocycles. The third-order valence-electron chi connectivity index (χ3n) is 2.09. The van der Waals surface area contributed by atoms with Crippen molar-refractivity contribution < 1.29 is 4.74 Å². The van der Waals surface area contributed by atoms with E-state index < -0.39 is 0 Å². The minimum absolute atomic E-state index is 0.869. The van der Waals surface area contributed by atoms with Gasteiger partial charge in [0.15, 0.2) is 0 Å². The van der Waals surface area contributed by atoms with Gasteiger partial charge in [0.1, 0.15) is 5.75 Å². The molecule has 2 rings (SSSR count). The van der Waals surface area contributed by atoms with Gasteiger partial charge in [0.05, 0.1) is 11.8 Å². The molecule has 74 valence electrons. The number of thiophene rings is 1. The highest BCUT2D eigenvalue weighted by Crippen LogP contribution is 2.38. The van der Waals surface area contributed by atoms with Crippen LogP contribution < -0.4 is 4.74 Å². The zero-order chi connectivity index (χ0) is 10.1. The summed E-state index contributed by atoms with van der Waals surface area (Å²) in [6.45, 7) is 0. The number of rotatable bonds is 2. The third-order valence-corrected chi connectivity index (χ3v) is 4.95. The molecule has 14 heavy (non-hydrogen) atoms. The predicted molar refractivity (Wildman–Crippen MR) is 73.7 cm³/mol. The second-order valence-corrected chi connectivity index (χ2v) is 5.45. The first-order chi connectivity index (χ1) is 6.77. The molecule has 0 aliphatic rings. The van der Waals surface area contributed by atoms with Crippen molar-refractivity contribution in [3.63, 3.8) is 0 Å². The fourth-order valence-electron chi connectivity index (χ4n) is 1.42. The van der Waals surface area contributed by atoms with Gasteiger partial charge >= 0.3 is 0 Å². The van der Waals surface area contributed by atoms with Gasteiger partial charge in [0.25, 0.3) is 0 Å². The molecule has 4 heteroatoms. The summed E-state index contributed by atoms with van der Waals surface area (Å²) in [5.41, 5.74) is 1.29. The van der Waals surface area contributed by atoms with Crippen molar-refractivity contribution in [2.45, 2.75) is 5.33 Å². The maximum absolute atomic E-state index is 5.35. The van der Waals surface area contributed by atoms with Crippen LogP contribution in [0.4, 0.5) is 0 Å². The van der Waals surface area contributed by atoms with Crippen LogP contribution in [-0.2, 0) is 5.33 Å². The van der Waals surface area contributed by atoms with Crippen LogP contribution in [0.2, 0.25) is 0 Å². The SMILES string of the molecule is COc1csc2c(I)ccc(CBr)c12. The fourth-order valence-corrected chi connectivity index (χ4v) is 3.68. The zero-order valence-corrected chi connectivity index (χ0v) is 12.1. The first-order valence-electron chi connectivity index (χ1n) is 4.06. The van der Waals surface area contributed by atoms with E-state index in [9.17, 15) is 0 Å². The lowest BCUT2D eigenvalue weighted by molar-refractivity contribution is 0.421. The van der Waals surface area contributed by atoms with E-state index >= 15 is 0 Å². The topological polar surface area (TPSA) is 9.23 Å². The number of ether oxygens (including phenoxy) is 1. The zero-order valence-electron chi connectivity index (χ0n) is 7.51. The van der Waals surface area contributed by atoms with E-state index in [1.807, 2.05) is 0 Å². The van der Waals surface area contributed by atoms with Crippen LogP contribution >= 0.6 is 49.9 Å². The summed E-state index contributed by atoms with van der Waals surface area (Å²) in [5.74, 6) is 0.984. The van der Waals surface area contributed by atoms with Crippen LogP contribution in [0.3, 0.4) is 0 Å². The molecule has 0 unspecified atom stereocenters. The molecule has 1 heterocycles. The number of halogens is 2. The van der Waals surface area contributed by atoms with Gasteiger partial charge in [-0.25, -0.2) is 0 Å². The number of alkyl halides is 1. The fraction of sp³-hybridized carbons (Fsp3) is 0.200. The summed E-state index contributed by atoms with van der Waals surface area (Å²) in [4.78, 5) is 0. The lowest BCUT2D eigenvalue weighted by Crippen LogP contribution is -1.85. The number of hydrogen-bond donors (Lipinski definition) is 0. The number of methoxy groups -OCH3 is 1. The lowest BCUT2D eigenvalue weighted by atomic mass is 10.1. The molecule has 1 nitrogen and oxygen atoms in total. The van der Waals surface area contributed by atoms with E-state index in [-0.39, 0.29) is 0 Å². The van der Waals surface area contributed by atoms with E-state index in [1.54, 1.807) is 18.4 Å². The number of hydrogen-bond acceptors (Lipinski definition) is 2. The lowest BCUT2D eigenvalue weighted by Gasteiger charge is -2.03. The Labute approximate surface area is 109 Å². The van der Waals surface area contributed by atoms with Gasteiger partial charge in [-0.1, -0.05) is 22.0 Å². The Bertz CT molecular complexity index is 466. The standard InChI is InChI=1S/C10H8BrIOS/c1-13-8-5-14-10-7(12)3-2-6(4-11)9(8)10/h2-3,5H,4H2,1H3. The predicted octanol–water partition coefficient (Wildman–Crippen LogP) is 4.41. The molecule has 0 amide bonds. The molecule has 0 fully saturated rings. The number of benzene rings is 1. The smallest absolute Gasteiger partial charge is 0.137 e. The Kier molecular flexibility index (Phi) is 3.34. The molecule has 0 saturated heterocycles. The van der Waals surface area contributed by atoms with Crippen molar-refractivity contribution in [2.75, 3.05) is 7.11 Å². The molecule has 0 N–H and O–H groups in total. The molecule has 1 aromatic carbocycles. The minimum Gasteiger partial charge on any atom is -0.495 e. The summed E-state index contributed by atoms with van der Waals surface area (Å²) in [6, 6.07) is 4.30. The first kappa shape index (κ1) is 10.7. The maximum Gasteiger partial charge on any atom is 0.137 e. The van der Waals surface area contributed by atoms with Gasteiger partial charge in [-0.2, -0.15) is 0 Å². The number of fused-ring (bicyclic) bond motifs is 1. The highest BCUT2D eigenvalue weighted by Gasteiger charge is 2.10. The van der Waals surface area contributed by atoms with Crippen molar-refractivity contribution >= 4 is 59.9 Å². The van der Waals surface area contributed by atoms with Crippen molar-refractivity contribution in [2.24, 2.45) is 0 Å². The van der Waals surface area contributed by atoms with Gasteiger partial charge in [-0.05, 0) is 34.2 Å². The Balaban J connectivity index is 2.82. The second kappa shape index (κ2) is 4.37. The van der Waals surface area contributed by atoms with Crippen molar-refractivity contribution in [1.82, 2.24) is 0 Å². The summed E-state index contributed by atoms with van der Waals surface area (Å²) in [7, 11) is 1.72. The molecular formula is C10H8BrIOS. The van der Waals surface area contributed by atoms with E-state index in [0.717, 1.165) is 11.1 Å². The molecule has 0 atom stereocenters. The van der Waals surface area contributed by atoms with Crippen molar-refractivity contribution in [3.05, 3.63) is 26.6 Å². The molecule has 0 spiro atoms. The van der Waals surface area contributed by atoms with Gasteiger partial charge < -0.3 is 4.74 Å². The molecule has 0 aliphatic heterocycles. The second-order valence-electron chi connectivity index (χ2n) is 2.85. The molecule has 0 bridgehead atoms. The van der Waals surface area contributed by atoms with Crippen LogP contribution in [0, 0.1) is 3.57 Å². The summed E-state index contributed by atoms with van der Waals surface area (Å²) >= 11 is 7.60. The van der Waals surface area contributed by atoms with E-state index in [4.69, 9.17) is 4.74 Å². The van der Waals surface area contributed by atoms with Crippen LogP contribution in [0.1, 0.15) is 5.56 Å². The van der Waals surface area contributed by atoms with E-state index in [1.165, 1.54) is 19.2 Å². The van der Waals surface area contributed by atoms with E-state index in [0.29, 0.717) is 0 Å². The largest absolute Gasteiger partial charge is 0.495 e. The van der Waals surface area contributed by atoms with Gasteiger partial charge in [0.2, 0.25) is 0 Å². The van der Waals surface area contributed by atoms with Crippen LogP contribution in [0.25, 0.3) is 10.1 Å². The van der Waals surface area contributed by atoms with Crippen molar-refractivity contribution in [1.29, 1.82) is 0 Å². The minimum atomic E-state index is 0.869. The Morgan fingerprint density at radius 2 is 2.29 bits per heavy atom. The summed E-state index contributed by atoms with van der Waals surface area (Å²) in [5, 5.41) is 4.19. The Hall–Kier alpha value is 0.190. The molecule has 0 aliphatic carbocycles. The summed E-state index contributed by atoms with van der Waals surface area (Å²) < 4.78 is 7.96. The van der Waals surface area contributed by atoms with Gasteiger partial charge in [-0.3, -0.25) is 0 Å². The molecular weight excluding hydrogens is 375 g/mol. The third kappa shape index (κ3) is 1.67. The average Bonchev–Trinajstić information content (AvgIpc) is 2.63. The quantitative estimate of drug-likeness (QED) is 0.552. The summed E-state index contributed by atoms with van der Waals surface area (Å²) in [6.07, 6.45) is 0. The normalized spacial score (nSPS) is 10.8. The van der Waals surface area contributed by atoms with Gasteiger partial charge in [0, 0.05) is 19.7 Å². The van der Waals surface area contributed by atoms with Crippen LogP contribution in [-0.4, -0.2) is 7.11 Å². The average molecular weight is 383 g/mol. The highest BCUT2D eigenvalue weighted by molar-refractivity contribution is 14.1. The van der Waals surface area contributed by atoms with Crippen LogP contribution in [0.5, 0.6) is 5.75 Å². The highest BCUT2D eigenvalue weighted by atomic mass is 127. The monoisotopic (exact) mass is 382 g/mol. The molecule has 2 aromatic rings. The van der Waals surface area contributed by atoms with Crippen LogP contribution in [0.15, 0.2) is 17.5 Å².